The van der Waals surface area contributed by atoms with Gasteiger partial charge in [-0.2, -0.15) is 5.26 Å². The van der Waals surface area contributed by atoms with E-state index in [0.29, 0.717) is 0 Å². The molecular weight excluding hydrogens is 323 g/mol. The smallest absolute Gasteiger partial charge is 0.319 e. The van der Waals surface area contributed by atoms with Crippen molar-refractivity contribution >= 4 is 11.7 Å². The van der Waals surface area contributed by atoms with E-state index in [2.05, 4.69) is 15.4 Å². The third-order valence-electron chi connectivity index (χ3n) is 3.07. The SMILES string of the molecule is COc1c(F)cc(NC(=O)NCc2cc(C#N)ccc2F)cc1F. The molecule has 0 fully saturated rings. The maximum atomic E-state index is 13.6. The molecule has 2 aromatic carbocycles. The van der Waals surface area contributed by atoms with E-state index in [-0.39, 0.29) is 23.4 Å². The molecule has 0 bridgehead atoms. The van der Waals surface area contributed by atoms with E-state index in [9.17, 15) is 18.0 Å². The zero-order valence-electron chi connectivity index (χ0n) is 12.5. The molecule has 5 nitrogen and oxygen atoms in total. The van der Waals surface area contributed by atoms with Crippen molar-refractivity contribution in [1.82, 2.24) is 5.32 Å². The molecule has 24 heavy (non-hydrogen) atoms. The maximum Gasteiger partial charge on any atom is 0.319 e. The standard InChI is InChI=1S/C16H12F3N3O2/c1-24-15-13(18)5-11(6-14(15)19)22-16(23)21-8-10-4-9(7-20)2-3-12(10)17/h2-6H,8H2,1H3,(H2,21,22,23). The Morgan fingerprint density at radius 2 is 1.83 bits per heavy atom. The average molecular weight is 335 g/mol. The second-order valence-electron chi connectivity index (χ2n) is 4.70. The van der Waals surface area contributed by atoms with Crippen LogP contribution in [0.15, 0.2) is 30.3 Å². The highest BCUT2D eigenvalue weighted by molar-refractivity contribution is 5.89. The summed E-state index contributed by atoms with van der Waals surface area (Å²) in [6.45, 7) is -0.200. The normalized spacial score (nSPS) is 9.96. The lowest BCUT2D eigenvalue weighted by molar-refractivity contribution is 0.251. The average Bonchev–Trinajstić information content (AvgIpc) is 2.54. The molecule has 0 unspecified atom stereocenters. The molecule has 0 saturated heterocycles. The third kappa shape index (κ3) is 3.95. The number of rotatable bonds is 4. The number of nitrogens with zero attached hydrogens (tertiary/aromatic N) is 1. The van der Waals surface area contributed by atoms with Crippen molar-refractivity contribution in [3.05, 3.63) is 58.9 Å². The summed E-state index contributed by atoms with van der Waals surface area (Å²) in [6.07, 6.45) is 0. The Bertz CT molecular complexity index is 796. The lowest BCUT2D eigenvalue weighted by Gasteiger charge is -2.10. The molecule has 0 heterocycles. The van der Waals surface area contributed by atoms with E-state index >= 15 is 0 Å². The van der Waals surface area contributed by atoms with Crippen molar-refractivity contribution in [2.24, 2.45) is 0 Å². The molecule has 0 aliphatic carbocycles. The Kier molecular flexibility index (Phi) is 5.27. The van der Waals surface area contributed by atoms with Crippen molar-refractivity contribution < 1.29 is 22.7 Å². The molecular formula is C16H12F3N3O2. The van der Waals surface area contributed by atoms with Crippen LogP contribution >= 0.6 is 0 Å². The van der Waals surface area contributed by atoms with Crippen LogP contribution in [-0.4, -0.2) is 13.1 Å². The molecule has 8 heteroatoms. The van der Waals surface area contributed by atoms with Gasteiger partial charge in [-0.05, 0) is 18.2 Å². The Labute approximate surface area is 135 Å². The number of carbonyl (C=O) groups excluding carboxylic acids is 1. The van der Waals surface area contributed by atoms with Crippen molar-refractivity contribution in [2.45, 2.75) is 6.54 Å². The van der Waals surface area contributed by atoms with E-state index in [4.69, 9.17) is 5.26 Å². The largest absolute Gasteiger partial charge is 0.491 e. The Hall–Kier alpha value is -3.21. The fourth-order valence-electron chi connectivity index (χ4n) is 1.96. The van der Waals surface area contributed by atoms with Crippen LogP contribution < -0.4 is 15.4 Å². The quantitative estimate of drug-likeness (QED) is 0.900. The molecule has 2 aromatic rings. The molecule has 0 saturated carbocycles. The van der Waals surface area contributed by atoms with E-state index in [1.54, 1.807) is 0 Å². The van der Waals surface area contributed by atoms with Gasteiger partial charge in [0.2, 0.25) is 0 Å². The highest BCUT2D eigenvalue weighted by atomic mass is 19.1. The first-order chi connectivity index (χ1) is 11.4. The molecule has 0 aliphatic heterocycles. The van der Waals surface area contributed by atoms with Crippen LogP contribution in [0.4, 0.5) is 23.7 Å². The number of benzene rings is 2. The van der Waals surface area contributed by atoms with Gasteiger partial charge in [0.1, 0.15) is 5.82 Å². The lowest BCUT2D eigenvalue weighted by atomic mass is 10.1. The fourth-order valence-corrected chi connectivity index (χ4v) is 1.96. The first-order valence-electron chi connectivity index (χ1n) is 6.71. The number of hydrogen-bond donors (Lipinski definition) is 2. The number of amides is 2. The number of halogens is 3. The van der Waals surface area contributed by atoms with Crippen molar-refractivity contribution in [3.8, 4) is 11.8 Å². The van der Waals surface area contributed by atoms with Gasteiger partial charge >= 0.3 is 6.03 Å². The Balaban J connectivity index is 2.03. The summed E-state index contributed by atoms with van der Waals surface area (Å²) in [6, 6.07) is 6.55. The van der Waals surface area contributed by atoms with Gasteiger partial charge in [-0.1, -0.05) is 0 Å². The lowest BCUT2D eigenvalue weighted by Crippen LogP contribution is -2.28. The van der Waals surface area contributed by atoms with Gasteiger partial charge in [0.25, 0.3) is 0 Å². The predicted octanol–water partition coefficient (Wildman–Crippen LogP) is 3.31. The summed E-state index contributed by atoms with van der Waals surface area (Å²) in [5.41, 5.74) is 0.221. The molecule has 2 amide bonds. The van der Waals surface area contributed by atoms with Crippen LogP contribution in [0.3, 0.4) is 0 Å². The first-order valence-corrected chi connectivity index (χ1v) is 6.71. The van der Waals surface area contributed by atoms with Crippen LogP contribution in [0.25, 0.3) is 0 Å². The number of urea groups is 1. The summed E-state index contributed by atoms with van der Waals surface area (Å²) in [7, 11) is 1.12. The van der Waals surface area contributed by atoms with Crippen molar-refractivity contribution in [1.29, 1.82) is 5.26 Å². The van der Waals surface area contributed by atoms with Crippen LogP contribution in [0, 0.1) is 28.8 Å². The molecule has 0 radical (unpaired) electrons. The molecule has 2 rings (SSSR count). The zero-order chi connectivity index (χ0) is 17.7. The number of hydrogen-bond acceptors (Lipinski definition) is 3. The van der Waals surface area contributed by atoms with Crippen molar-refractivity contribution in [3.63, 3.8) is 0 Å². The van der Waals surface area contributed by atoms with Crippen LogP contribution in [-0.2, 0) is 6.54 Å². The highest BCUT2D eigenvalue weighted by Crippen LogP contribution is 2.25. The van der Waals surface area contributed by atoms with E-state index in [1.165, 1.54) is 12.1 Å². The Morgan fingerprint density at radius 1 is 1.17 bits per heavy atom. The number of carbonyl (C=O) groups is 1. The summed E-state index contributed by atoms with van der Waals surface area (Å²) < 4.78 is 45.2. The molecule has 124 valence electrons. The van der Waals surface area contributed by atoms with Gasteiger partial charge in [-0.25, -0.2) is 18.0 Å². The van der Waals surface area contributed by atoms with Gasteiger partial charge in [0, 0.05) is 29.9 Å². The third-order valence-corrected chi connectivity index (χ3v) is 3.07. The molecule has 2 N–H and O–H groups in total. The summed E-state index contributed by atoms with van der Waals surface area (Å²) >= 11 is 0. The van der Waals surface area contributed by atoms with E-state index < -0.39 is 29.2 Å². The van der Waals surface area contributed by atoms with Gasteiger partial charge in [0.05, 0.1) is 18.7 Å². The van der Waals surface area contributed by atoms with Gasteiger partial charge in [-0.15, -0.1) is 0 Å². The minimum absolute atomic E-state index is 0.108. The van der Waals surface area contributed by atoms with E-state index in [0.717, 1.165) is 25.3 Å². The zero-order valence-corrected chi connectivity index (χ0v) is 12.5. The van der Waals surface area contributed by atoms with Gasteiger partial charge < -0.3 is 15.4 Å². The predicted molar refractivity (Wildman–Crippen MR) is 79.9 cm³/mol. The number of nitrogens with one attached hydrogen (secondary N) is 2. The first kappa shape index (κ1) is 17.1. The minimum atomic E-state index is -0.972. The summed E-state index contributed by atoms with van der Waals surface area (Å²) in [5, 5.41) is 13.3. The summed E-state index contributed by atoms with van der Waals surface area (Å²) in [5.74, 6) is -3.09. The molecule has 0 aromatic heterocycles. The fraction of sp³-hybridized carbons (Fsp3) is 0.125. The molecule has 0 atom stereocenters. The van der Waals surface area contributed by atoms with Crippen LogP contribution in [0.1, 0.15) is 11.1 Å². The number of methoxy groups -OCH3 is 1. The van der Waals surface area contributed by atoms with E-state index in [1.807, 2.05) is 6.07 Å². The summed E-state index contributed by atoms with van der Waals surface area (Å²) in [4.78, 5) is 11.7. The second-order valence-corrected chi connectivity index (χ2v) is 4.70. The number of nitriles is 1. The minimum Gasteiger partial charge on any atom is -0.491 e. The van der Waals surface area contributed by atoms with Crippen LogP contribution in [0.5, 0.6) is 5.75 Å². The van der Waals surface area contributed by atoms with Gasteiger partial charge in [-0.3, -0.25) is 0 Å². The molecule has 0 aliphatic rings. The monoisotopic (exact) mass is 335 g/mol. The Morgan fingerprint density at radius 3 is 2.42 bits per heavy atom. The van der Waals surface area contributed by atoms with Crippen LogP contribution in [0.2, 0.25) is 0 Å². The second kappa shape index (κ2) is 7.37. The topological polar surface area (TPSA) is 74.2 Å². The van der Waals surface area contributed by atoms with Gasteiger partial charge in [0.15, 0.2) is 17.4 Å². The van der Waals surface area contributed by atoms with Crippen molar-refractivity contribution in [2.75, 3.05) is 12.4 Å². The number of anilines is 1. The molecule has 0 spiro atoms. The maximum absolute atomic E-state index is 13.6. The number of ether oxygens (including phenoxy) is 1. The highest BCUT2D eigenvalue weighted by Gasteiger charge is 2.13.